The number of aromatic nitrogens is 2. The van der Waals surface area contributed by atoms with Crippen molar-refractivity contribution in [2.24, 2.45) is 0 Å². The summed E-state index contributed by atoms with van der Waals surface area (Å²) in [5.41, 5.74) is 2.48. The van der Waals surface area contributed by atoms with Gasteiger partial charge in [0.05, 0.1) is 10.9 Å². The fourth-order valence-electron chi connectivity index (χ4n) is 2.21. The SMILES string of the molecule is Cc1cc(Br)ccc1NC(=O)COc1ncnc2ccc(Br)cc12. The van der Waals surface area contributed by atoms with Crippen molar-refractivity contribution in [3.8, 4) is 5.88 Å². The molecular formula is C17H13Br2N3O2. The molecule has 1 N–H and O–H groups in total. The molecule has 0 aliphatic carbocycles. The molecule has 24 heavy (non-hydrogen) atoms. The maximum atomic E-state index is 12.1. The Morgan fingerprint density at radius 2 is 1.88 bits per heavy atom. The fraction of sp³-hybridized carbons (Fsp3) is 0.118. The van der Waals surface area contributed by atoms with Crippen molar-refractivity contribution in [3.05, 3.63) is 57.2 Å². The molecular weight excluding hydrogens is 438 g/mol. The lowest BCUT2D eigenvalue weighted by Crippen LogP contribution is -2.21. The second kappa shape index (κ2) is 7.27. The average molecular weight is 451 g/mol. The van der Waals surface area contributed by atoms with Crippen LogP contribution in [0.2, 0.25) is 0 Å². The zero-order valence-electron chi connectivity index (χ0n) is 12.7. The van der Waals surface area contributed by atoms with Gasteiger partial charge in [-0.15, -0.1) is 0 Å². The Kier molecular flexibility index (Phi) is 5.11. The smallest absolute Gasteiger partial charge is 0.262 e. The predicted molar refractivity (Wildman–Crippen MR) is 100 cm³/mol. The minimum absolute atomic E-state index is 0.131. The number of fused-ring (bicyclic) bond motifs is 1. The third-order valence-corrected chi connectivity index (χ3v) is 4.35. The number of nitrogens with zero attached hydrogens (tertiary/aromatic N) is 2. The first-order chi connectivity index (χ1) is 11.5. The lowest BCUT2D eigenvalue weighted by Gasteiger charge is -2.10. The second-order valence-electron chi connectivity index (χ2n) is 5.14. The number of rotatable bonds is 4. The largest absolute Gasteiger partial charge is 0.467 e. The average Bonchev–Trinajstić information content (AvgIpc) is 2.55. The number of hydrogen-bond acceptors (Lipinski definition) is 4. The van der Waals surface area contributed by atoms with Gasteiger partial charge in [-0.1, -0.05) is 31.9 Å². The Labute approximate surface area is 155 Å². The van der Waals surface area contributed by atoms with E-state index in [1.807, 2.05) is 43.3 Å². The number of carbonyl (C=O) groups excluding carboxylic acids is 1. The van der Waals surface area contributed by atoms with Gasteiger partial charge >= 0.3 is 0 Å². The van der Waals surface area contributed by atoms with Crippen molar-refractivity contribution >= 4 is 54.4 Å². The Morgan fingerprint density at radius 1 is 1.12 bits per heavy atom. The van der Waals surface area contributed by atoms with Crippen molar-refractivity contribution in [2.45, 2.75) is 6.92 Å². The van der Waals surface area contributed by atoms with Crippen LogP contribution in [0.5, 0.6) is 5.88 Å². The highest BCUT2D eigenvalue weighted by atomic mass is 79.9. The van der Waals surface area contributed by atoms with E-state index in [2.05, 4.69) is 47.1 Å². The van der Waals surface area contributed by atoms with Crippen molar-refractivity contribution in [2.75, 3.05) is 11.9 Å². The van der Waals surface area contributed by atoms with E-state index >= 15 is 0 Å². The van der Waals surface area contributed by atoms with E-state index in [1.54, 1.807) is 0 Å². The lowest BCUT2D eigenvalue weighted by molar-refractivity contribution is -0.118. The normalized spacial score (nSPS) is 10.6. The summed E-state index contributed by atoms with van der Waals surface area (Å²) in [5.74, 6) is 0.131. The van der Waals surface area contributed by atoms with Gasteiger partial charge in [0.1, 0.15) is 6.33 Å². The minimum atomic E-state index is -0.248. The van der Waals surface area contributed by atoms with E-state index in [4.69, 9.17) is 4.74 Å². The quantitative estimate of drug-likeness (QED) is 0.636. The van der Waals surface area contributed by atoms with E-state index in [0.29, 0.717) is 5.88 Å². The van der Waals surface area contributed by atoms with Gasteiger partial charge < -0.3 is 10.1 Å². The van der Waals surface area contributed by atoms with E-state index in [1.165, 1.54) is 6.33 Å². The molecule has 1 heterocycles. The maximum Gasteiger partial charge on any atom is 0.262 e. The molecule has 1 amide bonds. The molecule has 0 unspecified atom stereocenters. The van der Waals surface area contributed by atoms with Gasteiger partial charge in [-0.25, -0.2) is 9.97 Å². The van der Waals surface area contributed by atoms with Crippen molar-refractivity contribution in [3.63, 3.8) is 0 Å². The number of aryl methyl sites for hydroxylation is 1. The summed E-state index contributed by atoms with van der Waals surface area (Å²) in [6.45, 7) is 1.80. The molecule has 122 valence electrons. The fourth-order valence-corrected chi connectivity index (χ4v) is 3.04. The standard InChI is InChI=1S/C17H13Br2N3O2/c1-10-6-11(18)2-4-14(10)22-16(23)8-24-17-13-7-12(19)3-5-15(13)20-9-21-17/h2-7,9H,8H2,1H3,(H,22,23). The van der Waals surface area contributed by atoms with Gasteiger partial charge in [0, 0.05) is 14.6 Å². The van der Waals surface area contributed by atoms with Crippen LogP contribution in [0.3, 0.4) is 0 Å². The number of anilines is 1. The van der Waals surface area contributed by atoms with Crippen LogP contribution in [0.1, 0.15) is 5.56 Å². The molecule has 0 atom stereocenters. The van der Waals surface area contributed by atoms with Crippen LogP contribution >= 0.6 is 31.9 Å². The Balaban J connectivity index is 1.71. The summed E-state index contributed by atoms with van der Waals surface area (Å²) in [6, 6.07) is 11.3. The predicted octanol–water partition coefficient (Wildman–Crippen LogP) is 4.48. The summed E-state index contributed by atoms with van der Waals surface area (Å²) in [6.07, 6.45) is 1.42. The zero-order valence-corrected chi connectivity index (χ0v) is 15.9. The molecule has 7 heteroatoms. The van der Waals surface area contributed by atoms with Crippen molar-refractivity contribution < 1.29 is 9.53 Å². The van der Waals surface area contributed by atoms with Gasteiger partial charge in [-0.3, -0.25) is 4.79 Å². The van der Waals surface area contributed by atoms with E-state index in [-0.39, 0.29) is 12.5 Å². The first-order valence-corrected chi connectivity index (χ1v) is 8.70. The van der Waals surface area contributed by atoms with Gasteiger partial charge in [0.25, 0.3) is 5.91 Å². The maximum absolute atomic E-state index is 12.1. The van der Waals surface area contributed by atoms with E-state index in [0.717, 1.165) is 31.1 Å². The molecule has 0 aliphatic rings. The molecule has 0 saturated heterocycles. The Morgan fingerprint density at radius 3 is 2.67 bits per heavy atom. The third kappa shape index (κ3) is 3.91. The summed E-state index contributed by atoms with van der Waals surface area (Å²) < 4.78 is 7.44. The molecule has 0 saturated carbocycles. The monoisotopic (exact) mass is 449 g/mol. The zero-order chi connectivity index (χ0) is 17.1. The van der Waals surface area contributed by atoms with Gasteiger partial charge in [-0.2, -0.15) is 0 Å². The van der Waals surface area contributed by atoms with Crippen LogP contribution in [0.4, 0.5) is 5.69 Å². The van der Waals surface area contributed by atoms with Crippen LogP contribution in [0.15, 0.2) is 51.7 Å². The number of nitrogens with one attached hydrogen (secondary N) is 1. The molecule has 3 rings (SSSR count). The van der Waals surface area contributed by atoms with Crippen LogP contribution < -0.4 is 10.1 Å². The number of amides is 1. The summed E-state index contributed by atoms with van der Waals surface area (Å²) in [7, 11) is 0. The van der Waals surface area contributed by atoms with Crippen LogP contribution in [0.25, 0.3) is 10.9 Å². The topological polar surface area (TPSA) is 64.1 Å². The highest BCUT2D eigenvalue weighted by Gasteiger charge is 2.10. The summed E-state index contributed by atoms with van der Waals surface area (Å²) in [4.78, 5) is 20.4. The first-order valence-electron chi connectivity index (χ1n) is 7.12. The van der Waals surface area contributed by atoms with Crippen LogP contribution in [-0.2, 0) is 4.79 Å². The lowest BCUT2D eigenvalue weighted by atomic mass is 10.2. The molecule has 0 aliphatic heterocycles. The molecule has 0 spiro atoms. The summed E-state index contributed by atoms with van der Waals surface area (Å²) >= 11 is 6.81. The number of hydrogen-bond donors (Lipinski definition) is 1. The number of benzene rings is 2. The summed E-state index contributed by atoms with van der Waals surface area (Å²) in [5, 5.41) is 3.58. The van der Waals surface area contributed by atoms with Crippen LogP contribution in [-0.4, -0.2) is 22.5 Å². The van der Waals surface area contributed by atoms with Crippen LogP contribution in [0, 0.1) is 6.92 Å². The molecule has 1 aromatic heterocycles. The molecule has 0 bridgehead atoms. The van der Waals surface area contributed by atoms with E-state index < -0.39 is 0 Å². The molecule has 0 radical (unpaired) electrons. The van der Waals surface area contributed by atoms with Gasteiger partial charge in [0.2, 0.25) is 5.88 Å². The van der Waals surface area contributed by atoms with E-state index in [9.17, 15) is 4.79 Å². The molecule has 5 nitrogen and oxygen atoms in total. The highest BCUT2D eigenvalue weighted by Crippen LogP contribution is 2.25. The highest BCUT2D eigenvalue weighted by molar-refractivity contribution is 9.10. The van der Waals surface area contributed by atoms with Gasteiger partial charge in [0.15, 0.2) is 6.61 Å². The molecule has 2 aromatic carbocycles. The Bertz CT molecular complexity index is 915. The van der Waals surface area contributed by atoms with Crippen molar-refractivity contribution in [1.82, 2.24) is 9.97 Å². The molecule has 3 aromatic rings. The Hall–Kier alpha value is -1.99. The number of ether oxygens (including phenoxy) is 1. The molecule has 0 fully saturated rings. The second-order valence-corrected chi connectivity index (χ2v) is 6.97. The number of halogens is 2. The van der Waals surface area contributed by atoms with Gasteiger partial charge in [-0.05, 0) is 48.9 Å². The first kappa shape index (κ1) is 16.9. The van der Waals surface area contributed by atoms with Crippen molar-refractivity contribution in [1.29, 1.82) is 0 Å². The minimum Gasteiger partial charge on any atom is -0.467 e. The third-order valence-electron chi connectivity index (χ3n) is 3.36. The number of carbonyl (C=O) groups is 1.